The molecule has 2 rings (SSSR count). The molecule has 0 spiro atoms. The second-order valence-electron chi connectivity index (χ2n) is 5.72. The number of benzene rings is 1. The third-order valence-electron chi connectivity index (χ3n) is 3.71. The van der Waals surface area contributed by atoms with E-state index < -0.39 is 18.0 Å². The third kappa shape index (κ3) is 6.69. The van der Waals surface area contributed by atoms with E-state index >= 15 is 0 Å². The van der Waals surface area contributed by atoms with Crippen molar-refractivity contribution in [3.63, 3.8) is 0 Å². The first-order chi connectivity index (χ1) is 12.9. The first-order valence-corrected chi connectivity index (χ1v) is 9.47. The Morgan fingerprint density at radius 1 is 1.11 bits per heavy atom. The molecule has 1 aromatic heterocycles. The predicted molar refractivity (Wildman–Crippen MR) is 103 cm³/mol. The molecule has 8 heteroatoms. The highest BCUT2D eigenvalue weighted by Crippen LogP contribution is 2.23. The van der Waals surface area contributed by atoms with Gasteiger partial charge in [-0.05, 0) is 36.8 Å². The van der Waals surface area contributed by atoms with Crippen LogP contribution in [0.4, 0.5) is 0 Å². The van der Waals surface area contributed by atoms with Crippen molar-refractivity contribution in [2.75, 3.05) is 7.11 Å². The summed E-state index contributed by atoms with van der Waals surface area (Å²) in [7, 11) is 1.58. The minimum absolute atomic E-state index is 0.00978. The van der Waals surface area contributed by atoms with E-state index in [4.69, 9.17) is 21.1 Å². The summed E-state index contributed by atoms with van der Waals surface area (Å²) < 4.78 is 10.7. The van der Waals surface area contributed by atoms with Gasteiger partial charge in [0.25, 0.3) is 5.91 Å². The number of nitrogens with one attached hydrogen (secondary N) is 1. The van der Waals surface area contributed by atoms with Gasteiger partial charge in [0.15, 0.2) is 11.9 Å². The molecule has 1 amide bonds. The molecule has 144 valence electrons. The molecule has 0 fully saturated rings. The van der Waals surface area contributed by atoms with Gasteiger partial charge in [-0.2, -0.15) is 0 Å². The standard InChI is InChI=1S/C19H20ClNO5S/c1-12(19(24)21-11-13-3-5-14(25-2)6-4-13)26-18(23)10-7-15(22)16-8-9-17(20)27-16/h3-6,8-9,12H,7,10-11H2,1-2H3,(H,21,24)/t12-/m0/s1. The fourth-order valence-corrected chi connectivity index (χ4v) is 3.20. The van der Waals surface area contributed by atoms with Crippen molar-refractivity contribution in [2.45, 2.75) is 32.4 Å². The topological polar surface area (TPSA) is 81.7 Å². The van der Waals surface area contributed by atoms with Crippen molar-refractivity contribution in [1.29, 1.82) is 0 Å². The fourth-order valence-electron chi connectivity index (χ4n) is 2.19. The minimum atomic E-state index is -0.943. The lowest BCUT2D eigenvalue weighted by Gasteiger charge is -2.13. The average molecular weight is 410 g/mol. The molecule has 27 heavy (non-hydrogen) atoms. The van der Waals surface area contributed by atoms with Gasteiger partial charge < -0.3 is 14.8 Å². The van der Waals surface area contributed by atoms with Crippen molar-refractivity contribution >= 4 is 40.6 Å². The van der Waals surface area contributed by atoms with Crippen LogP contribution in [0.1, 0.15) is 35.0 Å². The molecule has 0 aliphatic rings. The van der Waals surface area contributed by atoms with Gasteiger partial charge in [0.1, 0.15) is 5.75 Å². The molecule has 0 aliphatic carbocycles. The number of carbonyl (C=O) groups excluding carboxylic acids is 3. The molecule has 1 atom stereocenters. The number of ether oxygens (including phenoxy) is 2. The van der Waals surface area contributed by atoms with Crippen LogP contribution in [-0.2, 0) is 20.9 Å². The Kier molecular flexibility index (Phi) is 7.82. The van der Waals surface area contributed by atoms with Crippen LogP contribution in [0.15, 0.2) is 36.4 Å². The lowest BCUT2D eigenvalue weighted by Crippen LogP contribution is -2.35. The number of amides is 1. The van der Waals surface area contributed by atoms with Gasteiger partial charge in [0, 0.05) is 13.0 Å². The zero-order valence-corrected chi connectivity index (χ0v) is 16.6. The summed E-state index contributed by atoms with van der Waals surface area (Å²) in [5.74, 6) is -0.458. The number of esters is 1. The van der Waals surface area contributed by atoms with Crippen LogP contribution in [-0.4, -0.2) is 30.9 Å². The summed E-state index contributed by atoms with van der Waals surface area (Å²) in [6.45, 7) is 1.80. The van der Waals surface area contributed by atoms with Gasteiger partial charge in [-0.15, -0.1) is 11.3 Å². The van der Waals surface area contributed by atoms with Crippen LogP contribution in [0.25, 0.3) is 0 Å². The van der Waals surface area contributed by atoms with E-state index in [1.54, 1.807) is 31.4 Å². The van der Waals surface area contributed by atoms with E-state index in [1.807, 2.05) is 12.1 Å². The van der Waals surface area contributed by atoms with Gasteiger partial charge in [-0.25, -0.2) is 0 Å². The van der Waals surface area contributed by atoms with E-state index in [1.165, 1.54) is 6.92 Å². The Bertz CT molecular complexity index is 803. The number of hydrogen-bond donors (Lipinski definition) is 1. The molecule has 6 nitrogen and oxygen atoms in total. The van der Waals surface area contributed by atoms with E-state index in [-0.39, 0.29) is 18.6 Å². The molecule has 1 aromatic carbocycles. The Morgan fingerprint density at radius 3 is 2.41 bits per heavy atom. The molecule has 0 unspecified atom stereocenters. The van der Waals surface area contributed by atoms with Crippen LogP contribution in [0, 0.1) is 0 Å². The zero-order chi connectivity index (χ0) is 19.8. The van der Waals surface area contributed by atoms with E-state index in [0.717, 1.165) is 22.6 Å². The highest BCUT2D eigenvalue weighted by Gasteiger charge is 2.19. The van der Waals surface area contributed by atoms with Gasteiger partial charge in [-0.3, -0.25) is 14.4 Å². The average Bonchev–Trinajstić information content (AvgIpc) is 3.11. The first-order valence-electron chi connectivity index (χ1n) is 8.27. The minimum Gasteiger partial charge on any atom is -0.497 e. The van der Waals surface area contributed by atoms with Gasteiger partial charge in [0.05, 0.1) is 22.7 Å². The zero-order valence-electron chi connectivity index (χ0n) is 15.0. The number of hydrogen-bond acceptors (Lipinski definition) is 6. The van der Waals surface area contributed by atoms with E-state index in [2.05, 4.69) is 5.32 Å². The number of carbonyl (C=O) groups is 3. The number of methoxy groups -OCH3 is 1. The highest BCUT2D eigenvalue weighted by molar-refractivity contribution is 7.18. The van der Waals surface area contributed by atoms with E-state index in [9.17, 15) is 14.4 Å². The maximum atomic E-state index is 12.0. The summed E-state index contributed by atoms with van der Waals surface area (Å²) in [5, 5.41) is 2.70. The summed E-state index contributed by atoms with van der Waals surface area (Å²) in [6.07, 6.45) is -1.03. The van der Waals surface area contributed by atoms with Crippen LogP contribution >= 0.6 is 22.9 Å². The molecule has 2 aromatic rings. The summed E-state index contributed by atoms with van der Waals surface area (Å²) >= 11 is 6.95. The summed E-state index contributed by atoms with van der Waals surface area (Å²) in [4.78, 5) is 36.3. The molecule has 0 saturated carbocycles. The van der Waals surface area contributed by atoms with Crippen LogP contribution in [0.2, 0.25) is 4.34 Å². The predicted octanol–water partition coefficient (Wildman–Crippen LogP) is 3.62. The molecule has 1 N–H and O–H groups in total. The van der Waals surface area contributed by atoms with Crippen LogP contribution in [0.3, 0.4) is 0 Å². The molecular weight excluding hydrogens is 390 g/mol. The van der Waals surface area contributed by atoms with Crippen molar-refractivity contribution in [2.24, 2.45) is 0 Å². The molecule has 0 saturated heterocycles. The van der Waals surface area contributed by atoms with Gasteiger partial charge in [0.2, 0.25) is 0 Å². The normalized spacial score (nSPS) is 11.5. The van der Waals surface area contributed by atoms with Crippen molar-refractivity contribution in [3.8, 4) is 5.75 Å². The quantitative estimate of drug-likeness (QED) is 0.505. The molecule has 1 heterocycles. The maximum Gasteiger partial charge on any atom is 0.307 e. The maximum absolute atomic E-state index is 12.0. The van der Waals surface area contributed by atoms with Crippen molar-refractivity contribution in [1.82, 2.24) is 5.32 Å². The third-order valence-corrected chi connectivity index (χ3v) is 4.98. The Morgan fingerprint density at radius 2 is 1.81 bits per heavy atom. The first kappa shape index (κ1) is 20.9. The summed E-state index contributed by atoms with van der Waals surface area (Å²) in [6, 6.07) is 10.5. The SMILES string of the molecule is COc1ccc(CNC(=O)[C@H](C)OC(=O)CCC(=O)c2ccc(Cl)s2)cc1. The number of Topliss-reactive ketones (excluding diaryl/α,β-unsaturated/α-hetero) is 1. The molecular formula is C19H20ClNO5S. The smallest absolute Gasteiger partial charge is 0.307 e. The number of thiophene rings is 1. The Hall–Kier alpha value is -2.38. The van der Waals surface area contributed by atoms with Gasteiger partial charge in [-0.1, -0.05) is 23.7 Å². The van der Waals surface area contributed by atoms with E-state index in [0.29, 0.717) is 15.8 Å². The summed E-state index contributed by atoms with van der Waals surface area (Å²) in [5.41, 5.74) is 0.892. The van der Waals surface area contributed by atoms with Crippen LogP contribution in [0.5, 0.6) is 5.75 Å². The monoisotopic (exact) mass is 409 g/mol. The number of rotatable bonds is 9. The second-order valence-corrected chi connectivity index (χ2v) is 7.44. The van der Waals surface area contributed by atoms with Crippen molar-refractivity contribution in [3.05, 3.63) is 51.2 Å². The molecule has 0 bridgehead atoms. The fraction of sp³-hybridized carbons (Fsp3) is 0.316. The number of ketones is 1. The molecule has 0 radical (unpaired) electrons. The Balaban J connectivity index is 1.72. The Labute approximate surface area is 166 Å². The second kappa shape index (κ2) is 10.1. The largest absolute Gasteiger partial charge is 0.497 e. The van der Waals surface area contributed by atoms with Crippen LogP contribution < -0.4 is 10.1 Å². The number of halogens is 1. The lowest BCUT2D eigenvalue weighted by atomic mass is 10.2. The lowest BCUT2D eigenvalue weighted by molar-refractivity contribution is -0.154. The van der Waals surface area contributed by atoms with Crippen molar-refractivity contribution < 1.29 is 23.9 Å². The van der Waals surface area contributed by atoms with Gasteiger partial charge >= 0.3 is 5.97 Å². The molecule has 0 aliphatic heterocycles. The highest BCUT2D eigenvalue weighted by atomic mass is 35.5.